The van der Waals surface area contributed by atoms with Gasteiger partial charge in [0.25, 0.3) is 0 Å². The quantitative estimate of drug-likeness (QED) is 0.841. The molecule has 4 nitrogen and oxygen atoms in total. The van der Waals surface area contributed by atoms with Gasteiger partial charge in [-0.25, -0.2) is 4.79 Å². The molecule has 0 aliphatic carbocycles. The lowest BCUT2D eigenvalue weighted by molar-refractivity contribution is 0.0696. The second-order valence-electron chi connectivity index (χ2n) is 4.57. The van der Waals surface area contributed by atoms with Crippen molar-refractivity contribution in [2.45, 2.75) is 18.9 Å². The van der Waals surface area contributed by atoms with Crippen molar-refractivity contribution in [3.05, 3.63) is 29.3 Å². The van der Waals surface area contributed by atoms with Gasteiger partial charge in [0, 0.05) is 18.8 Å². The summed E-state index contributed by atoms with van der Waals surface area (Å²) >= 11 is 0. The number of anilines is 1. The summed E-state index contributed by atoms with van der Waals surface area (Å²) in [4.78, 5) is 13.4. The Morgan fingerprint density at radius 3 is 3.06 bits per heavy atom. The summed E-state index contributed by atoms with van der Waals surface area (Å²) in [7, 11) is 0. The first-order valence-electron chi connectivity index (χ1n) is 5.97. The van der Waals surface area contributed by atoms with Crippen LogP contribution in [0.4, 0.5) is 5.69 Å². The predicted octanol–water partition coefficient (Wildman–Crippen LogP) is 1.54. The Labute approximate surface area is 99.8 Å². The minimum Gasteiger partial charge on any atom is -0.478 e. The van der Waals surface area contributed by atoms with Gasteiger partial charge >= 0.3 is 5.97 Å². The first-order valence-corrected chi connectivity index (χ1v) is 5.97. The van der Waals surface area contributed by atoms with Crippen molar-refractivity contribution in [1.29, 1.82) is 0 Å². The number of hydrogen-bond donors (Lipinski definition) is 1. The molecule has 0 aromatic heterocycles. The molecule has 2 aliphatic rings. The first kappa shape index (κ1) is 10.6. The van der Waals surface area contributed by atoms with Crippen molar-refractivity contribution in [3.8, 4) is 0 Å². The lowest BCUT2D eigenvalue weighted by atomic mass is 10.1. The van der Waals surface area contributed by atoms with E-state index in [1.54, 1.807) is 6.07 Å². The first-order chi connectivity index (χ1) is 8.27. The van der Waals surface area contributed by atoms with E-state index >= 15 is 0 Å². The summed E-state index contributed by atoms with van der Waals surface area (Å²) in [6.07, 6.45) is 1.87. The zero-order chi connectivity index (χ0) is 11.8. The third kappa shape index (κ3) is 1.69. The molecule has 1 atom stereocenters. The molecule has 1 aromatic carbocycles. The van der Waals surface area contributed by atoms with E-state index in [0.717, 1.165) is 43.9 Å². The number of hydrogen-bond acceptors (Lipinski definition) is 3. The van der Waals surface area contributed by atoms with Crippen LogP contribution in [0.15, 0.2) is 18.2 Å². The van der Waals surface area contributed by atoms with Crippen molar-refractivity contribution >= 4 is 11.7 Å². The number of carbonyl (C=O) groups is 1. The van der Waals surface area contributed by atoms with Crippen LogP contribution < -0.4 is 4.90 Å². The molecular weight excluding hydrogens is 218 g/mol. The Morgan fingerprint density at radius 2 is 2.35 bits per heavy atom. The molecule has 1 aromatic rings. The molecule has 90 valence electrons. The third-order valence-electron chi connectivity index (χ3n) is 3.64. The Bertz CT molecular complexity index is 452. The van der Waals surface area contributed by atoms with Gasteiger partial charge in [-0.05, 0) is 30.5 Å². The Kier molecular flexibility index (Phi) is 2.52. The van der Waals surface area contributed by atoms with Crippen LogP contribution in [0.3, 0.4) is 0 Å². The van der Waals surface area contributed by atoms with Gasteiger partial charge in [-0.1, -0.05) is 6.07 Å². The van der Waals surface area contributed by atoms with Gasteiger partial charge in [0.05, 0.1) is 18.2 Å². The molecule has 1 N–H and O–H groups in total. The maximum atomic E-state index is 11.1. The molecular formula is C13H15NO3. The van der Waals surface area contributed by atoms with Crippen molar-refractivity contribution in [2.24, 2.45) is 0 Å². The summed E-state index contributed by atoms with van der Waals surface area (Å²) in [5.74, 6) is -0.827. The van der Waals surface area contributed by atoms with E-state index in [2.05, 4.69) is 4.90 Å². The van der Waals surface area contributed by atoms with E-state index in [9.17, 15) is 4.79 Å². The lowest BCUT2D eigenvalue weighted by Gasteiger charge is -2.25. The summed E-state index contributed by atoms with van der Waals surface area (Å²) < 4.78 is 5.40. The normalized spacial score (nSPS) is 22.8. The number of nitrogens with zero attached hydrogens (tertiary/aromatic N) is 1. The van der Waals surface area contributed by atoms with Gasteiger partial charge in [0.1, 0.15) is 0 Å². The highest BCUT2D eigenvalue weighted by Gasteiger charge is 2.30. The van der Waals surface area contributed by atoms with E-state index in [0.29, 0.717) is 11.6 Å². The van der Waals surface area contributed by atoms with E-state index in [1.807, 2.05) is 12.1 Å². The van der Waals surface area contributed by atoms with Gasteiger partial charge < -0.3 is 14.7 Å². The highest BCUT2D eigenvalue weighted by Crippen LogP contribution is 2.33. The molecule has 0 saturated carbocycles. The van der Waals surface area contributed by atoms with Crippen LogP contribution in [0.2, 0.25) is 0 Å². The summed E-state index contributed by atoms with van der Waals surface area (Å²) in [6.45, 7) is 2.49. The zero-order valence-corrected chi connectivity index (χ0v) is 9.56. The third-order valence-corrected chi connectivity index (χ3v) is 3.64. The maximum absolute atomic E-state index is 11.1. The lowest BCUT2D eigenvalue weighted by Crippen LogP contribution is -2.33. The number of rotatable bonds is 2. The van der Waals surface area contributed by atoms with Crippen molar-refractivity contribution < 1.29 is 14.6 Å². The largest absolute Gasteiger partial charge is 0.478 e. The number of benzene rings is 1. The van der Waals surface area contributed by atoms with Crippen molar-refractivity contribution in [2.75, 3.05) is 24.7 Å². The molecule has 2 heterocycles. The maximum Gasteiger partial charge on any atom is 0.336 e. The number of aromatic carboxylic acids is 1. The Balaban J connectivity index is 1.97. The average molecular weight is 233 g/mol. The fourth-order valence-corrected chi connectivity index (χ4v) is 2.81. The average Bonchev–Trinajstić information content (AvgIpc) is 2.96. The van der Waals surface area contributed by atoms with Crippen LogP contribution in [0, 0.1) is 0 Å². The van der Waals surface area contributed by atoms with Gasteiger partial charge in [-0.2, -0.15) is 0 Å². The standard InChI is InChI=1S/C13H15NO3/c15-13(16)11-2-1-3-12-10(11)4-6-14(12)9-5-7-17-8-9/h1-3,9H,4-8H2,(H,15,16). The number of carboxylic acids is 1. The highest BCUT2D eigenvalue weighted by molar-refractivity contribution is 5.92. The molecule has 17 heavy (non-hydrogen) atoms. The van der Waals surface area contributed by atoms with Crippen LogP contribution in [-0.2, 0) is 11.2 Å². The molecule has 3 rings (SSSR count). The van der Waals surface area contributed by atoms with Crippen LogP contribution in [-0.4, -0.2) is 36.9 Å². The zero-order valence-electron chi connectivity index (χ0n) is 9.56. The van der Waals surface area contributed by atoms with Crippen LogP contribution in [0.25, 0.3) is 0 Å². The van der Waals surface area contributed by atoms with Crippen LogP contribution in [0.5, 0.6) is 0 Å². The van der Waals surface area contributed by atoms with E-state index < -0.39 is 5.97 Å². The monoisotopic (exact) mass is 233 g/mol. The molecule has 2 aliphatic heterocycles. The smallest absolute Gasteiger partial charge is 0.336 e. The summed E-state index contributed by atoms with van der Waals surface area (Å²) in [5.41, 5.74) is 2.51. The summed E-state index contributed by atoms with van der Waals surface area (Å²) in [5, 5.41) is 9.16. The number of fused-ring (bicyclic) bond motifs is 1. The summed E-state index contributed by atoms with van der Waals surface area (Å²) in [6, 6.07) is 5.96. The molecule has 1 saturated heterocycles. The van der Waals surface area contributed by atoms with Crippen molar-refractivity contribution in [1.82, 2.24) is 0 Å². The van der Waals surface area contributed by atoms with Crippen LogP contribution in [0.1, 0.15) is 22.3 Å². The highest BCUT2D eigenvalue weighted by atomic mass is 16.5. The number of carboxylic acid groups (broad SMARTS) is 1. The second-order valence-corrected chi connectivity index (χ2v) is 4.57. The van der Waals surface area contributed by atoms with Gasteiger partial charge in [-0.3, -0.25) is 0 Å². The molecule has 0 radical (unpaired) electrons. The van der Waals surface area contributed by atoms with E-state index in [4.69, 9.17) is 9.84 Å². The van der Waals surface area contributed by atoms with Gasteiger partial charge in [-0.15, -0.1) is 0 Å². The minimum atomic E-state index is -0.827. The fourth-order valence-electron chi connectivity index (χ4n) is 2.81. The molecule has 0 spiro atoms. The van der Waals surface area contributed by atoms with E-state index in [-0.39, 0.29) is 0 Å². The fraction of sp³-hybridized carbons (Fsp3) is 0.462. The molecule has 1 fully saturated rings. The van der Waals surface area contributed by atoms with Crippen LogP contribution >= 0.6 is 0 Å². The molecule has 0 amide bonds. The molecule has 0 bridgehead atoms. The Hall–Kier alpha value is -1.55. The molecule has 1 unspecified atom stereocenters. The SMILES string of the molecule is O=C(O)c1cccc2c1CCN2C1CCOC1. The molecule has 4 heteroatoms. The topological polar surface area (TPSA) is 49.8 Å². The number of ether oxygens (including phenoxy) is 1. The van der Waals surface area contributed by atoms with E-state index in [1.165, 1.54) is 0 Å². The predicted molar refractivity (Wildman–Crippen MR) is 63.7 cm³/mol. The second kappa shape index (κ2) is 4.04. The van der Waals surface area contributed by atoms with Gasteiger partial charge in [0.2, 0.25) is 0 Å². The Morgan fingerprint density at radius 1 is 1.47 bits per heavy atom. The van der Waals surface area contributed by atoms with Crippen molar-refractivity contribution in [3.63, 3.8) is 0 Å². The minimum absolute atomic E-state index is 0.417. The van der Waals surface area contributed by atoms with Gasteiger partial charge in [0.15, 0.2) is 0 Å².